The Hall–Kier alpha value is -1.85. The molecule has 3 rings (SSSR count). The Labute approximate surface area is 151 Å². The summed E-state index contributed by atoms with van der Waals surface area (Å²) >= 11 is 0. The van der Waals surface area contributed by atoms with Crippen molar-refractivity contribution in [1.29, 1.82) is 0 Å². The van der Waals surface area contributed by atoms with Crippen LogP contribution in [0.1, 0.15) is 43.0 Å². The molecule has 5 nitrogen and oxygen atoms in total. The van der Waals surface area contributed by atoms with Crippen molar-refractivity contribution in [1.82, 2.24) is 20.0 Å². The Bertz CT molecular complexity index is 681. The van der Waals surface area contributed by atoms with Crippen LogP contribution in [0, 0.1) is 0 Å². The van der Waals surface area contributed by atoms with Crippen molar-refractivity contribution < 1.29 is 4.74 Å². The smallest absolute Gasteiger partial charge is 0.216 e. The molecule has 1 N–H and O–H groups in total. The van der Waals surface area contributed by atoms with Crippen molar-refractivity contribution >= 4 is 0 Å². The minimum absolute atomic E-state index is 0.394. The largest absolute Gasteiger partial charge is 0.481 e. The van der Waals surface area contributed by atoms with Gasteiger partial charge in [-0.3, -0.25) is 4.90 Å². The number of methoxy groups -OCH3 is 1. The molecule has 0 aliphatic carbocycles. The summed E-state index contributed by atoms with van der Waals surface area (Å²) in [5, 5.41) is 8.36. The van der Waals surface area contributed by atoms with Crippen LogP contribution < -0.4 is 10.1 Å². The van der Waals surface area contributed by atoms with Crippen LogP contribution in [0.5, 0.6) is 5.88 Å². The Balaban J connectivity index is 1.58. The topological polar surface area (TPSA) is 42.3 Å². The fourth-order valence-corrected chi connectivity index (χ4v) is 3.69. The molecule has 0 saturated carbocycles. The maximum absolute atomic E-state index is 5.57. The van der Waals surface area contributed by atoms with Gasteiger partial charge in [0.2, 0.25) is 5.88 Å². The Morgan fingerprint density at radius 1 is 1.28 bits per heavy atom. The van der Waals surface area contributed by atoms with Crippen molar-refractivity contribution in [2.75, 3.05) is 20.2 Å². The second-order valence-corrected chi connectivity index (χ2v) is 7.24. The number of hydrogen-bond donors (Lipinski definition) is 1. The van der Waals surface area contributed by atoms with Gasteiger partial charge in [-0.05, 0) is 17.9 Å². The molecule has 1 saturated heterocycles. The third-order valence-electron chi connectivity index (χ3n) is 4.95. The lowest BCUT2D eigenvalue weighted by molar-refractivity contribution is 0.319. The first kappa shape index (κ1) is 18.0. The third-order valence-corrected chi connectivity index (χ3v) is 4.95. The van der Waals surface area contributed by atoms with E-state index in [0.717, 1.165) is 37.8 Å². The molecule has 1 aliphatic heterocycles. The van der Waals surface area contributed by atoms with E-state index >= 15 is 0 Å². The quantitative estimate of drug-likeness (QED) is 0.840. The molecule has 1 aromatic carbocycles. The summed E-state index contributed by atoms with van der Waals surface area (Å²) in [5.74, 6) is 1.26. The number of nitrogens with zero attached hydrogens (tertiary/aromatic N) is 3. The minimum atomic E-state index is 0.394. The Morgan fingerprint density at radius 3 is 2.72 bits per heavy atom. The van der Waals surface area contributed by atoms with Crippen LogP contribution in [0.4, 0.5) is 0 Å². The third kappa shape index (κ3) is 4.22. The van der Waals surface area contributed by atoms with E-state index in [1.54, 1.807) is 7.11 Å². The second kappa shape index (κ2) is 8.02. The highest BCUT2D eigenvalue weighted by atomic mass is 16.5. The van der Waals surface area contributed by atoms with Gasteiger partial charge in [0.1, 0.15) is 0 Å². The lowest BCUT2D eigenvalue weighted by atomic mass is 10.1. The first-order valence-corrected chi connectivity index (χ1v) is 9.18. The molecule has 25 heavy (non-hydrogen) atoms. The zero-order chi connectivity index (χ0) is 17.8. The van der Waals surface area contributed by atoms with E-state index in [1.165, 1.54) is 17.5 Å². The van der Waals surface area contributed by atoms with Crippen LogP contribution >= 0.6 is 0 Å². The number of ether oxygens (including phenoxy) is 1. The van der Waals surface area contributed by atoms with E-state index in [2.05, 4.69) is 59.5 Å². The molecule has 0 amide bonds. The minimum Gasteiger partial charge on any atom is -0.481 e. The van der Waals surface area contributed by atoms with Gasteiger partial charge >= 0.3 is 0 Å². The molecule has 1 atom stereocenters. The molecule has 5 heteroatoms. The zero-order valence-electron chi connectivity index (χ0n) is 15.8. The van der Waals surface area contributed by atoms with Crippen LogP contribution in [-0.4, -0.2) is 40.9 Å². The van der Waals surface area contributed by atoms with Crippen LogP contribution in [0.3, 0.4) is 0 Å². The van der Waals surface area contributed by atoms with Crippen molar-refractivity contribution in [3.8, 4) is 5.88 Å². The highest BCUT2D eigenvalue weighted by Gasteiger charge is 2.24. The average molecular weight is 342 g/mol. The van der Waals surface area contributed by atoms with Gasteiger partial charge in [0.25, 0.3) is 0 Å². The predicted molar refractivity (Wildman–Crippen MR) is 101 cm³/mol. The number of benzene rings is 1. The van der Waals surface area contributed by atoms with Gasteiger partial charge in [0, 0.05) is 39.3 Å². The number of nitrogens with one attached hydrogen (secondary N) is 1. The summed E-state index contributed by atoms with van der Waals surface area (Å²) in [6.07, 6.45) is 1.19. The van der Waals surface area contributed by atoms with E-state index in [0.29, 0.717) is 12.0 Å². The molecular weight excluding hydrogens is 312 g/mol. The van der Waals surface area contributed by atoms with Crippen LogP contribution in [0.25, 0.3) is 0 Å². The molecule has 0 spiro atoms. The van der Waals surface area contributed by atoms with Crippen molar-refractivity contribution in [3.05, 3.63) is 47.2 Å². The average Bonchev–Trinajstić information content (AvgIpc) is 3.17. The van der Waals surface area contributed by atoms with E-state index in [4.69, 9.17) is 4.74 Å². The van der Waals surface area contributed by atoms with E-state index in [1.807, 2.05) is 11.7 Å². The molecule has 136 valence electrons. The molecule has 0 radical (unpaired) electrons. The molecular formula is C20H30N4O. The van der Waals surface area contributed by atoms with Crippen LogP contribution in [0.15, 0.2) is 30.3 Å². The van der Waals surface area contributed by atoms with E-state index < -0.39 is 0 Å². The molecule has 2 heterocycles. The summed E-state index contributed by atoms with van der Waals surface area (Å²) < 4.78 is 7.42. The van der Waals surface area contributed by atoms with Gasteiger partial charge in [0.15, 0.2) is 0 Å². The number of aryl methyl sites for hydroxylation is 1. The predicted octanol–water partition coefficient (Wildman–Crippen LogP) is 2.92. The summed E-state index contributed by atoms with van der Waals surface area (Å²) in [6.45, 7) is 8.45. The van der Waals surface area contributed by atoms with Gasteiger partial charge in [-0.2, -0.15) is 5.10 Å². The number of aromatic nitrogens is 2. The number of hydrogen-bond acceptors (Lipinski definition) is 4. The summed E-state index contributed by atoms with van der Waals surface area (Å²) in [5.41, 5.74) is 3.71. The lowest BCUT2D eigenvalue weighted by Crippen LogP contribution is -2.32. The first-order valence-electron chi connectivity index (χ1n) is 9.18. The zero-order valence-corrected chi connectivity index (χ0v) is 15.8. The second-order valence-electron chi connectivity index (χ2n) is 7.24. The maximum atomic E-state index is 5.57. The van der Waals surface area contributed by atoms with Crippen molar-refractivity contribution in [2.24, 2.45) is 7.05 Å². The molecule has 0 unspecified atom stereocenters. The molecule has 0 bridgehead atoms. The van der Waals surface area contributed by atoms with Gasteiger partial charge < -0.3 is 10.1 Å². The van der Waals surface area contributed by atoms with Crippen molar-refractivity contribution in [2.45, 2.75) is 45.3 Å². The van der Waals surface area contributed by atoms with Gasteiger partial charge in [-0.1, -0.05) is 44.2 Å². The Kier molecular flexibility index (Phi) is 5.76. The number of rotatable bonds is 7. The summed E-state index contributed by atoms with van der Waals surface area (Å²) in [7, 11) is 3.67. The fourth-order valence-electron chi connectivity index (χ4n) is 3.69. The van der Waals surface area contributed by atoms with E-state index in [9.17, 15) is 0 Å². The lowest BCUT2D eigenvalue weighted by Gasteiger charge is -2.17. The van der Waals surface area contributed by atoms with Crippen LogP contribution in [0.2, 0.25) is 0 Å². The highest BCUT2D eigenvalue weighted by molar-refractivity contribution is 5.33. The van der Waals surface area contributed by atoms with Gasteiger partial charge in [0.05, 0.1) is 18.4 Å². The number of likely N-dealkylation sites (tertiary alicyclic amines) is 1. The van der Waals surface area contributed by atoms with E-state index in [-0.39, 0.29) is 0 Å². The van der Waals surface area contributed by atoms with Crippen molar-refractivity contribution in [3.63, 3.8) is 0 Å². The Morgan fingerprint density at radius 2 is 2.04 bits per heavy atom. The fraction of sp³-hybridized carbons (Fsp3) is 0.550. The maximum Gasteiger partial charge on any atom is 0.216 e. The molecule has 1 aromatic heterocycles. The standard InChI is InChI=1S/C20H30N4O/c1-15(2)19-18(20(25-4)23(3)22-19)12-21-17-10-11-24(14-17)13-16-8-6-5-7-9-16/h5-9,15,17,21H,10-14H2,1-4H3/t17-/m0/s1. The molecule has 2 aromatic rings. The monoisotopic (exact) mass is 342 g/mol. The molecule has 1 aliphatic rings. The SMILES string of the molecule is COc1c(CN[C@H]2CCN(Cc3ccccc3)C2)c(C(C)C)nn1C. The normalized spacial score (nSPS) is 18.2. The highest BCUT2D eigenvalue weighted by Crippen LogP contribution is 2.27. The van der Waals surface area contributed by atoms with Gasteiger partial charge in [-0.15, -0.1) is 0 Å². The first-order chi connectivity index (χ1) is 12.1. The van der Waals surface area contributed by atoms with Gasteiger partial charge in [-0.25, -0.2) is 4.68 Å². The van der Waals surface area contributed by atoms with Crippen LogP contribution in [-0.2, 0) is 20.1 Å². The summed E-state index contributed by atoms with van der Waals surface area (Å²) in [6, 6.07) is 11.2. The summed E-state index contributed by atoms with van der Waals surface area (Å²) in [4.78, 5) is 2.52. The molecule has 1 fully saturated rings.